The average molecular weight is 418 g/mol. The molecule has 1 unspecified atom stereocenters. The molecule has 0 heterocycles. The van der Waals surface area contributed by atoms with Crippen LogP contribution in [0.25, 0.3) is 0 Å². The van der Waals surface area contributed by atoms with Crippen LogP contribution in [-0.4, -0.2) is 33.7 Å². The molecule has 1 aliphatic carbocycles. The third-order valence-electron chi connectivity index (χ3n) is 4.18. The molecule has 2 aromatic rings. The predicted molar refractivity (Wildman–Crippen MR) is 97.6 cm³/mol. The minimum Gasteiger partial charge on any atom is -0.545 e. The van der Waals surface area contributed by atoms with Gasteiger partial charge in [-0.1, -0.05) is 6.08 Å². The Bertz CT molecular complexity index is 1010. The van der Waals surface area contributed by atoms with Gasteiger partial charge in [0.15, 0.2) is 5.60 Å². The summed E-state index contributed by atoms with van der Waals surface area (Å²) in [6.45, 7) is 0. The monoisotopic (exact) mass is 418 g/mol. The Morgan fingerprint density at radius 3 is 1.83 bits per heavy atom. The number of allylic oxidation sites excluding steroid dienone is 2. The first-order valence-corrected chi connectivity index (χ1v) is 8.42. The molecule has 2 aromatic carbocycles. The molecule has 0 spiro atoms. The fourth-order valence-electron chi connectivity index (χ4n) is 2.70. The quantitative estimate of drug-likeness (QED) is 0.540. The first-order chi connectivity index (χ1) is 13.8. The predicted octanol–water partition coefficient (Wildman–Crippen LogP) is -1.12. The van der Waals surface area contributed by atoms with Crippen LogP contribution in [0.15, 0.2) is 72.5 Å². The summed E-state index contributed by atoms with van der Waals surface area (Å²) in [6.07, 6.45) is 4.13. The first-order valence-electron chi connectivity index (χ1n) is 8.42. The molecule has 148 valence electrons. The van der Waals surface area contributed by atoms with Crippen molar-refractivity contribution in [3.8, 4) is 11.5 Å². The standard InChI is InChI=1S/C21H16O8.Na/c22-18(23)13-3-7-15(8-4-13)28-17-2-1-11-21(12-17,20(26)27)29-16-9-5-14(6-10-16)19(24)25;/h1-11H,12H2,(H,22,23)(H,24,25)(H,26,27);/q;+1/p-1. The van der Waals surface area contributed by atoms with Crippen molar-refractivity contribution in [2.75, 3.05) is 0 Å². The van der Waals surface area contributed by atoms with E-state index >= 15 is 0 Å². The molecule has 8 nitrogen and oxygen atoms in total. The molecule has 0 amide bonds. The van der Waals surface area contributed by atoms with Crippen molar-refractivity contribution in [3.05, 3.63) is 83.6 Å². The number of carboxylic acids is 3. The van der Waals surface area contributed by atoms with Crippen molar-refractivity contribution >= 4 is 17.9 Å². The molecule has 1 aliphatic rings. The molecular weight excluding hydrogens is 403 g/mol. The maximum Gasteiger partial charge on any atom is 1.00 e. The molecule has 0 aliphatic heterocycles. The van der Waals surface area contributed by atoms with Crippen LogP contribution in [0.4, 0.5) is 0 Å². The van der Waals surface area contributed by atoms with E-state index in [4.69, 9.17) is 19.7 Å². The van der Waals surface area contributed by atoms with Crippen LogP contribution in [0.1, 0.15) is 27.1 Å². The number of ether oxygens (including phenoxy) is 2. The van der Waals surface area contributed by atoms with Crippen LogP contribution in [0.5, 0.6) is 11.5 Å². The average Bonchev–Trinajstić information content (AvgIpc) is 2.69. The van der Waals surface area contributed by atoms with Gasteiger partial charge in [0.05, 0.1) is 23.5 Å². The van der Waals surface area contributed by atoms with E-state index in [1.54, 1.807) is 6.08 Å². The number of carboxylic acid groups (broad SMARTS) is 3. The molecule has 0 fully saturated rings. The Morgan fingerprint density at radius 1 is 0.867 bits per heavy atom. The largest absolute Gasteiger partial charge is 1.00 e. The molecular formula is C21H15NaO8. The fourth-order valence-corrected chi connectivity index (χ4v) is 2.70. The number of hydrogen-bond donors (Lipinski definition) is 2. The van der Waals surface area contributed by atoms with Gasteiger partial charge in [-0.2, -0.15) is 0 Å². The Labute approximate surface area is 193 Å². The molecule has 0 radical (unpaired) electrons. The van der Waals surface area contributed by atoms with Gasteiger partial charge in [-0.15, -0.1) is 0 Å². The summed E-state index contributed by atoms with van der Waals surface area (Å²) in [5.74, 6) is -2.94. The van der Waals surface area contributed by atoms with Crippen molar-refractivity contribution < 1.29 is 68.7 Å². The van der Waals surface area contributed by atoms with Crippen molar-refractivity contribution in [3.63, 3.8) is 0 Å². The van der Waals surface area contributed by atoms with Crippen LogP contribution in [-0.2, 0) is 4.79 Å². The Morgan fingerprint density at radius 2 is 1.37 bits per heavy atom. The van der Waals surface area contributed by atoms with E-state index in [-0.39, 0.29) is 58.6 Å². The normalized spacial score (nSPS) is 17.3. The minimum atomic E-state index is -1.85. The van der Waals surface area contributed by atoms with E-state index in [1.807, 2.05) is 0 Å². The van der Waals surface area contributed by atoms with Gasteiger partial charge >= 0.3 is 41.5 Å². The minimum absolute atomic E-state index is 0. The Hall–Kier alpha value is -3.07. The van der Waals surface area contributed by atoms with E-state index in [9.17, 15) is 19.5 Å². The van der Waals surface area contributed by atoms with Gasteiger partial charge in [0.2, 0.25) is 0 Å². The summed E-state index contributed by atoms with van der Waals surface area (Å²) in [6, 6.07) is 10.9. The number of carbonyl (C=O) groups is 3. The van der Waals surface area contributed by atoms with Crippen LogP contribution in [0, 0.1) is 0 Å². The second-order valence-corrected chi connectivity index (χ2v) is 6.21. The fraction of sp³-hybridized carbons (Fsp3) is 0.0952. The van der Waals surface area contributed by atoms with Gasteiger partial charge in [0.25, 0.3) is 0 Å². The molecule has 2 N–H and O–H groups in total. The van der Waals surface area contributed by atoms with Crippen LogP contribution < -0.4 is 44.1 Å². The van der Waals surface area contributed by atoms with E-state index in [1.165, 1.54) is 60.7 Å². The third-order valence-corrected chi connectivity index (χ3v) is 4.18. The van der Waals surface area contributed by atoms with E-state index in [2.05, 4.69) is 0 Å². The van der Waals surface area contributed by atoms with Crippen LogP contribution >= 0.6 is 0 Å². The topological polar surface area (TPSA) is 133 Å². The molecule has 30 heavy (non-hydrogen) atoms. The van der Waals surface area contributed by atoms with Crippen molar-refractivity contribution in [2.24, 2.45) is 0 Å². The second kappa shape index (κ2) is 9.62. The number of aliphatic carboxylic acids is 1. The number of aromatic carboxylic acids is 2. The van der Waals surface area contributed by atoms with E-state index < -0.39 is 23.5 Å². The zero-order chi connectivity index (χ0) is 21.0. The third kappa shape index (κ3) is 5.29. The number of hydrogen-bond acceptors (Lipinski definition) is 6. The van der Waals surface area contributed by atoms with Crippen LogP contribution in [0.2, 0.25) is 0 Å². The summed E-state index contributed by atoms with van der Waals surface area (Å²) in [7, 11) is 0. The summed E-state index contributed by atoms with van der Waals surface area (Å²) >= 11 is 0. The zero-order valence-corrected chi connectivity index (χ0v) is 17.9. The zero-order valence-electron chi connectivity index (χ0n) is 15.9. The summed E-state index contributed by atoms with van der Waals surface area (Å²) in [5, 5.41) is 29.7. The van der Waals surface area contributed by atoms with Gasteiger partial charge < -0.3 is 29.6 Å². The Balaban J connectivity index is 0.00000320. The van der Waals surface area contributed by atoms with Crippen molar-refractivity contribution in [1.29, 1.82) is 0 Å². The first kappa shape index (κ1) is 23.2. The van der Waals surface area contributed by atoms with Gasteiger partial charge in [-0.3, -0.25) is 0 Å². The number of rotatable bonds is 7. The van der Waals surface area contributed by atoms with E-state index in [0.717, 1.165) is 0 Å². The van der Waals surface area contributed by atoms with E-state index in [0.29, 0.717) is 5.75 Å². The summed E-state index contributed by atoms with van der Waals surface area (Å²) < 4.78 is 11.3. The molecule has 1 atom stereocenters. The molecule has 3 rings (SSSR count). The van der Waals surface area contributed by atoms with Gasteiger partial charge in [0, 0.05) is 0 Å². The smallest absolute Gasteiger partial charge is 0.545 e. The van der Waals surface area contributed by atoms with Gasteiger partial charge in [-0.05, 0) is 60.7 Å². The molecule has 9 heteroatoms. The SMILES string of the molecule is O=C(O)c1ccc(OC2=CC=CC(Oc3ccc(C(=O)O)cc3)(C(=O)[O-])C2)cc1.[Na+]. The summed E-state index contributed by atoms with van der Waals surface area (Å²) in [4.78, 5) is 33.7. The second-order valence-electron chi connectivity index (χ2n) is 6.21. The molecule has 0 saturated carbocycles. The molecule has 0 bridgehead atoms. The maximum absolute atomic E-state index is 11.8. The molecule has 0 saturated heterocycles. The van der Waals surface area contributed by atoms with Crippen molar-refractivity contribution in [1.82, 2.24) is 0 Å². The van der Waals surface area contributed by atoms with Crippen molar-refractivity contribution in [2.45, 2.75) is 12.0 Å². The molecule has 0 aromatic heterocycles. The van der Waals surface area contributed by atoms with Crippen LogP contribution in [0.3, 0.4) is 0 Å². The summed E-state index contributed by atoms with van der Waals surface area (Å²) in [5.41, 5.74) is -1.73. The maximum atomic E-state index is 11.8. The number of benzene rings is 2. The number of carbonyl (C=O) groups excluding carboxylic acids is 1. The van der Waals surface area contributed by atoms with Gasteiger partial charge in [-0.25, -0.2) is 9.59 Å². The van der Waals surface area contributed by atoms with Gasteiger partial charge in [0.1, 0.15) is 17.3 Å². The Kier molecular flexibility index (Phi) is 7.44.